The van der Waals surface area contributed by atoms with Crippen LogP contribution in [0.15, 0.2) is 36.4 Å². The Morgan fingerprint density at radius 3 is 2.76 bits per heavy atom. The Labute approximate surface area is 122 Å². The molecular weight excluding hydrogens is 271 g/mol. The first-order chi connectivity index (χ1) is 10.0. The summed E-state index contributed by atoms with van der Waals surface area (Å²) in [6.07, 6.45) is 0. The predicted molar refractivity (Wildman–Crippen MR) is 81.1 cm³/mol. The number of carbonyl (C=O) groups excluding carboxylic acids is 1. The van der Waals surface area contributed by atoms with E-state index in [2.05, 4.69) is 5.32 Å². The topological polar surface area (TPSA) is 64.3 Å². The van der Waals surface area contributed by atoms with Gasteiger partial charge in [-0.1, -0.05) is 6.07 Å². The van der Waals surface area contributed by atoms with E-state index in [0.29, 0.717) is 34.9 Å². The molecule has 0 aliphatic carbocycles. The van der Waals surface area contributed by atoms with E-state index >= 15 is 0 Å². The van der Waals surface area contributed by atoms with Crippen LogP contribution in [0.2, 0.25) is 0 Å². The first kappa shape index (κ1) is 14.8. The number of benzene rings is 2. The Morgan fingerprint density at radius 2 is 2.10 bits per heavy atom. The lowest BCUT2D eigenvalue weighted by atomic mass is 10.1. The van der Waals surface area contributed by atoms with Crippen LogP contribution in [0.3, 0.4) is 0 Å². The van der Waals surface area contributed by atoms with E-state index in [1.54, 1.807) is 31.2 Å². The molecule has 110 valence electrons. The minimum Gasteiger partial charge on any atom is -0.491 e. The van der Waals surface area contributed by atoms with E-state index in [4.69, 9.17) is 10.5 Å². The van der Waals surface area contributed by atoms with Crippen molar-refractivity contribution < 1.29 is 13.9 Å². The molecule has 2 rings (SSSR count). The Morgan fingerprint density at radius 1 is 1.33 bits per heavy atom. The maximum absolute atomic E-state index is 13.2. The summed E-state index contributed by atoms with van der Waals surface area (Å²) in [5.74, 6) is -0.306. The molecule has 0 saturated heterocycles. The summed E-state index contributed by atoms with van der Waals surface area (Å²) >= 11 is 0. The zero-order chi connectivity index (χ0) is 15.4. The number of hydrogen-bond acceptors (Lipinski definition) is 3. The van der Waals surface area contributed by atoms with Gasteiger partial charge in [0, 0.05) is 5.69 Å². The highest BCUT2D eigenvalue weighted by atomic mass is 19.1. The first-order valence-electron chi connectivity index (χ1n) is 6.61. The van der Waals surface area contributed by atoms with Crippen molar-refractivity contribution in [3.8, 4) is 5.75 Å². The quantitative estimate of drug-likeness (QED) is 0.848. The fourth-order valence-electron chi connectivity index (χ4n) is 1.96. The number of ether oxygens (including phenoxy) is 1. The molecule has 2 aromatic carbocycles. The highest BCUT2D eigenvalue weighted by Gasteiger charge is 2.15. The van der Waals surface area contributed by atoms with Gasteiger partial charge in [-0.2, -0.15) is 0 Å². The summed E-state index contributed by atoms with van der Waals surface area (Å²) in [4.78, 5) is 12.3. The predicted octanol–water partition coefficient (Wildman–Crippen LogP) is 3.37. The van der Waals surface area contributed by atoms with Gasteiger partial charge in [0.1, 0.15) is 5.82 Å². The van der Waals surface area contributed by atoms with Crippen molar-refractivity contribution in [2.45, 2.75) is 13.8 Å². The maximum Gasteiger partial charge on any atom is 0.259 e. The monoisotopic (exact) mass is 288 g/mol. The lowest BCUT2D eigenvalue weighted by molar-refractivity contribution is 0.102. The van der Waals surface area contributed by atoms with Gasteiger partial charge in [0.2, 0.25) is 0 Å². The largest absolute Gasteiger partial charge is 0.491 e. The maximum atomic E-state index is 13.2. The van der Waals surface area contributed by atoms with E-state index in [1.807, 2.05) is 6.92 Å². The number of nitrogen functional groups attached to an aromatic ring is 1. The average molecular weight is 288 g/mol. The van der Waals surface area contributed by atoms with Crippen molar-refractivity contribution in [3.05, 3.63) is 53.3 Å². The fraction of sp³-hybridized carbons (Fsp3) is 0.188. The lowest BCUT2D eigenvalue weighted by Crippen LogP contribution is -2.14. The highest BCUT2D eigenvalue weighted by Crippen LogP contribution is 2.27. The minimum absolute atomic E-state index is 0.313. The van der Waals surface area contributed by atoms with Gasteiger partial charge in [-0.05, 0) is 49.7 Å². The second kappa shape index (κ2) is 6.26. The molecule has 0 aromatic heterocycles. The third-order valence-electron chi connectivity index (χ3n) is 2.99. The number of halogens is 1. The summed E-state index contributed by atoms with van der Waals surface area (Å²) in [6.45, 7) is 3.86. The highest BCUT2D eigenvalue weighted by molar-refractivity contribution is 6.07. The number of rotatable bonds is 4. The molecule has 0 aliphatic rings. The van der Waals surface area contributed by atoms with Crippen molar-refractivity contribution in [1.29, 1.82) is 0 Å². The van der Waals surface area contributed by atoms with Crippen molar-refractivity contribution in [2.75, 3.05) is 17.7 Å². The molecule has 0 bridgehead atoms. The van der Waals surface area contributed by atoms with Crippen LogP contribution in [0.25, 0.3) is 0 Å². The van der Waals surface area contributed by atoms with Crippen LogP contribution in [0.4, 0.5) is 15.8 Å². The SMILES string of the molecule is CCOc1c(N)cccc1C(=O)Nc1ccc(F)c(C)c1. The van der Waals surface area contributed by atoms with Crippen LogP contribution in [-0.2, 0) is 0 Å². The standard InChI is InChI=1S/C16H17FN2O2/c1-3-21-15-12(5-4-6-14(15)18)16(20)19-11-7-8-13(17)10(2)9-11/h4-9H,3,18H2,1-2H3,(H,19,20). The molecule has 2 aromatic rings. The normalized spacial score (nSPS) is 10.2. The Balaban J connectivity index is 2.28. The minimum atomic E-state index is -0.350. The molecule has 0 unspecified atom stereocenters. The molecule has 5 heteroatoms. The van der Waals surface area contributed by atoms with E-state index in [0.717, 1.165) is 0 Å². The van der Waals surface area contributed by atoms with Crippen molar-refractivity contribution >= 4 is 17.3 Å². The molecule has 21 heavy (non-hydrogen) atoms. The first-order valence-corrected chi connectivity index (χ1v) is 6.61. The van der Waals surface area contributed by atoms with Crippen LogP contribution in [-0.4, -0.2) is 12.5 Å². The summed E-state index contributed by atoms with van der Waals surface area (Å²) in [7, 11) is 0. The van der Waals surface area contributed by atoms with Gasteiger partial charge in [-0.3, -0.25) is 4.79 Å². The van der Waals surface area contributed by atoms with E-state index in [9.17, 15) is 9.18 Å². The summed E-state index contributed by atoms with van der Waals surface area (Å²) in [6, 6.07) is 9.38. The van der Waals surface area contributed by atoms with Crippen LogP contribution >= 0.6 is 0 Å². The van der Waals surface area contributed by atoms with Gasteiger partial charge < -0.3 is 15.8 Å². The molecule has 4 nitrogen and oxygen atoms in total. The Kier molecular flexibility index (Phi) is 4.42. The summed E-state index contributed by atoms with van der Waals surface area (Å²) in [5, 5.41) is 2.71. The summed E-state index contributed by atoms with van der Waals surface area (Å²) in [5.41, 5.74) is 7.56. The van der Waals surface area contributed by atoms with E-state index in [-0.39, 0.29) is 11.7 Å². The van der Waals surface area contributed by atoms with Gasteiger partial charge in [0.25, 0.3) is 5.91 Å². The molecule has 0 fully saturated rings. The third-order valence-corrected chi connectivity index (χ3v) is 2.99. The third kappa shape index (κ3) is 3.31. The average Bonchev–Trinajstić information content (AvgIpc) is 2.45. The molecule has 0 radical (unpaired) electrons. The zero-order valence-electron chi connectivity index (χ0n) is 11.9. The van der Waals surface area contributed by atoms with Gasteiger partial charge in [0.15, 0.2) is 5.75 Å². The van der Waals surface area contributed by atoms with Gasteiger partial charge >= 0.3 is 0 Å². The molecule has 1 amide bonds. The Bertz CT molecular complexity index is 671. The van der Waals surface area contributed by atoms with E-state index in [1.165, 1.54) is 12.1 Å². The molecular formula is C16H17FN2O2. The number of nitrogens with one attached hydrogen (secondary N) is 1. The van der Waals surface area contributed by atoms with Gasteiger partial charge in [-0.25, -0.2) is 4.39 Å². The second-order valence-corrected chi connectivity index (χ2v) is 4.58. The number of anilines is 2. The van der Waals surface area contributed by atoms with Crippen LogP contribution < -0.4 is 15.8 Å². The van der Waals surface area contributed by atoms with Crippen LogP contribution in [0.1, 0.15) is 22.8 Å². The van der Waals surface area contributed by atoms with Crippen LogP contribution in [0.5, 0.6) is 5.75 Å². The van der Waals surface area contributed by atoms with Crippen molar-refractivity contribution in [3.63, 3.8) is 0 Å². The number of para-hydroxylation sites is 1. The fourth-order valence-corrected chi connectivity index (χ4v) is 1.96. The number of carbonyl (C=O) groups is 1. The molecule has 0 saturated carbocycles. The number of hydrogen-bond donors (Lipinski definition) is 2. The molecule has 0 spiro atoms. The number of aryl methyl sites for hydroxylation is 1. The number of nitrogens with two attached hydrogens (primary N) is 1. The van der Waals surface area contributed by atoms with Crippen molar-refractivity contribution in [1.82, 2.24) is 0 Å². The number of amides is 1. The molecule has 0 aliphatic heterocycles. The van der Waals surface area contributed by atoms with Gasteiger partial charge in [-0.15, -0.1) is 0 Å². The lowest BCUT2D eigenvalue weighted by Gasteiger charge is -2.13. The van der Waals surface area contributed by atoms with Gasteiger partial charge in [0.05, 0.1) is 17.9 Å². The molecule has 0 heterocycles. The summed E-state index contributed by atoms with van der Waals surface area (Å²) < 4.78 is 18.7. The zero-order valence-corrected chi connectivity index (χ0v) is 11.9. The smallest absolute Gasteiger partial charge is 0.259 e. The molecule has 3 N–H and O–H groups in total. The van der Waals surface area contributed by atoms with E-state index < -0.39 is 0 Å². The van der Waals surface area contributed by atoms with Crippen molar-refractivity contribution in [2.24, 2.45) is 0 Å². The van der Waals surface area contributed by atoms with Crippen LogP contribution in [0, 0.1) is 12.7 Å². The second-order valence-electron chi connectivity index (χ2n) is 4.58. The molecule has 0 atom stereocenters. The Hall–Kier alpha value is -2.56.